The van der Waals surface area contributed by atoms with Gasteiger partial charge in [-0.1, -0.05) is 18.2 Å². The minimum atomic E-state index is 0.227. The highest BCUT2D eigenvalue weighted by Gasteiger charge is 2.00. The van der Waals surface area contributed by atoms with E-state index in [2.05, 4.69) is 5.32 Å². The fourth-order valence-corrected chi connectivity index (χ4v) is 1.44. The van der Waals surface area contributed by atoms with Crippen molar-refractivity contribution in [3.8, 4) is 11.5 Å². The van der Waals surface area contributed by atoms with Crippen LogP contribution in [-0.2, 0) is 0 Å². The number of hydrogen-bond donors (Lipinski definition) is 2. The molecule has 2 rings (SSSR count). The Morgan fingerprint density at radius 1 is 1.06 bits per heavy atom. The maximum atomic E-state index is 9.60. The maximum Gasteiger partial charge on any atom is 0.139 e. The zero-order valence-corrected chi connectivity index (χ0v) is 8.97. The lowest BCUT2D eigenvalue weighted by molar-refractivity contribution is 0.415. The third-order valence-electron chi connectivity index (χ3n) is 2.25. The molecule has 2 aromatic rings. The Morgan fingerprint density at radius 2 is 1.88 bits per heavy atom. The van der Waals surface area contributed by atoms with Gasteiger partial charge in [-0.2, -0.15) is 0 Å². The summed E-state index contributed by atoms with van der Waals surface area (Å²) in [5, 5.41) is 12.7. The second-order valence-corrected chi connectivity index (χ2v) is 3.37. The van der Waals surface area contributed by atoms with Crippen LogP contribution in [-0.4, -0.2) is 12.2 Å². The monoisotopic (exact) mass is 215 g/mol. The second kappa shape index (κ2) is 4.57. The molecule has 0 atom stereocenters. The second-order valence-electron chi connectivity index (χ2n) is 3.37. The molecule has 0 unspecified atom stereocenters. The van der Waals surface area contributed by atoms with Crippen LogP contribution in [0.25, 0.3) is 0 Å². The van der Waals surface area contributed by atoms with Crippen LogP contribution >= 0.6 is 0 Å². The summed E-state index contributed by atoms with van der Waals surface area (Å²) < 4.78 is 5.12. The number of nitrogens with one attached hydrogen (secondary N) is 1. The average molecular weight is 215 g/mol. The lowest BCUT2D eigenvalue weighted by atomic mass is 10.2. The number of benzene rings is 2. The van der Waals surface area contributed by atoms with Gasteiger partial charge in [-0.05, 0) is 24.3 Å². The fourth-order valence-electron chi connectivity index (χ4n) is 1.44. The van der Waals surface area contributed by atoms with E-state index in [1.807, 2.05) is 36.4 Å². The third-order valence-corrected chi connectivity index (χ3v) is 2.25. The molecule has 3 heteroatoms. The third kappa shape index (κ3) is 2.25. The van der Waals surface area contributed by atoms with Crippen LogP contribution in [0.3, 0.4) is 0 Å². The highest BCUT2D eigenvalue weighted by atomic mass is 16.5. The van der Waals surface area contributed by atoms with Crippen LogP contribution in [0.5, 0.6) is 11.5 Å². The van der Waals surface area contributed by atoms with Crippen molar-refractivity contribution in [1.29, 1.82) is 0 Å². The molecule has 2 N–H and O–H groups in total. The molecule has 0 fully saturated rings. The van der Waals surface area contributed by atoms with Gasteiger partial charge in [0.1, 0.15) is 11.5 Å². The predicted molar refractivity (Wildman–Crippen MR) is 64.4 cm³/mol. The van der Waals surface area contributed by atoms with Crippen molar-refractivity contribution in [2.24, 2.45) is 0 Å². The van der Waals surface area contributed by atoms with E-state index in [1.54, 1.807) is 19.2 Å². The first-order valence-corrected chi connectivity index (χ1v) is 4.98. The molecule has 0 saturated heterocycles. The van der Waals surface area contributed by atoms with Crippen LogP contribution in [0.15, 0.2) is 48.5 Å². The molecular formula is C13H13NO2. The molecule has 3 nitrogen and oxygen atoms in total. The molecule has 0 amide bonds. The van der Waals surface area contributed by atoms with Crippen molar-refractivity contribution in [3.63, 3.8) is 0 Å². The lowest BCUT2D eigenvalue weighted by Gasteiger charge is -2.09. The number of ether oxygens (including phenoxy) is 1. The summed E-state index contributed by atoms with van der Waals surface area (Å²) in [6.07, 6.45) is 0. The van der Waals surface area contributed by atoms with E-state index >= 15 is 0 Å². The summed E-state index contributed by atoms with van der Waals surface area (Å²) in [5.74, 6) is 1.01. The van der Waals surface area contributed by atoms with Gasteiger partial charge in [0, 0.05) is 11.8 Å². The Labute approximate surface area is 94.3 Å². The molecule has 0 bridgehead atoms. The summed E-state index contributed by atoms with van der Waals surface area (Å²) in [7, 11) is 1.62. The van der Waals surface area contributed by atoms with Gasteiger partial charge in [-0.25, -0.2) is 0 Å². The van der Waals surface area contributed by atoms with Crippen molar-refractivity contribution in [3.05, 3.63) is 48.5 Å². The summed E-state index contributed by atoms with van der Waals surface area (Å²) >= 11 is 0. The van der Waals surface area contributed by atoms with Crippen LogP contribution in [0.1, 0.15) is 0 Å². The topological polar surface area (TPSA) is 41.5 Å². The molecule has 0 heterocycles. The van der Waals surface area contributed by atoms with Crippen LogP contribution in [0.4, 0.5) is 11.4 Å². The van der Waals surface area contributed by atoms with Crippen LogP contribution < -0.4 is 10.1 Å². The number of methoxy groups -OCH3 is 1. The van der Waals surface area contributed by atoms with Gasteiger partial charge in [0.05, 0.1) is 12.8 Å². The smallest absolute Gasteiger partial charge is 0.139 e. The molecular weight excluding hydrogens is 202 g/mol. The van der Waals surface area contributed by atoms with E-state index in [-0.39, 0.29) is 5.75 Å². The van der Waals surface area contributed by atoms with E-state index in [4.69, 9.17) is 4.74 Å². The summed E-state index contributed by atoms with van der Waals surface area (Å²) in [4.78, 5) is 0. The Bertz CT molecular complexity index is 483. The number of para-hydroxylation sites is 2. The molecule has 2 aromatic carbocycles. The number of aromatic hydroxyl groups is 1. The molecule has 16 heavy (non-hydrogen) atoms. The summed E-state index contributed by atoms with van der Waals surface area (Å²) in [6, 6.07) is 14.6. The Balaban J connectivity index is 2.24. The normalized spacial score (nSPS) is 9.81. The van der Waals surface area contributed by atoms with Gasteiger partial charge in [0.15, 0.2) is 0 Å². The largest absolute Gasteiger partial charge is 0.506 e. The highest BCUT2D eigenvalue weighted by Crippen LogP contribution is 2.27. The van der Waals surface area contributed by atoms with Crippen LogP contribution in [0.2, 0.25) is 0 Å². The molecule has 0 saturated carbocycles. The van der Waals surface area contributed by atoms with Crippen molar-refractivity contribution in [1.82, 2.24) is 0 Å². The van der Waals surface area contributed by atoms with Crippen molar-refractivity contribution in [2.75, 3.05) is 12.4 Å². The Morgan fingerprint density at radius 3 is 2.62 bits per heavy atom. The molecule has 0 aliphatic carbocycles. The van der Waals surface area contributed by atoms with Crippen molar-refractivity contribution < 1.29 is 9.84 Å². The first kappa shape index (κ1) is 10.4. The number of anilines is 2. The molecule has 0 aromatic heterocycles. The Kier molecular flexibility index (Phi) is 2.96. The minimum Gasteiger partial charge on any atom is -0.506 e. The maximum absolute atomic E-state index is 9.60. The molecule has 0 spiro atoms. The van der Waals surface area contributed by atoms with Gasteiger partial charge in [-0.15, -0.1) is 0 Å². The van der Waals surface area contributed by atoms with E-state index in [0.29, 0.717) is 5.69 Å². The average Bonchev–Trinajstić information content (AvgIpc) is 2.32. The summed E-state index contributed by atoms with van der Waals surface area (Å²) in [6.45, 7) is 0. The molecule has 82 valence electrons. The zero-order chi connectivity index (χ0) is 11.4. The van der Waals surface area contributed by atoms with Gasteiger partial charge < -0.3 is 15.2 Å². The first-order chi connectivity index (χ1) is 7.79. The predicted octanol–water partition coefficient (Wildman–Crippen LogP) is 3.14. The molecule has 0 aliphatic rings. The number of phenols is 1. The molecule has 0 aliphatic heterocycles. The highest BCUT2D eigenvalue weighted by molar-refractivity contribution is 5.66. The SMILES string of the molecule is COc1cccc(Nc2ccccc2O)c1. The fraction of sp³-hybridized carbons (Fsp3) is 0.0769. The van der Waals surface area contributed by atoms with Gasteiger partial charge in [0.2, 0.25) is 0 Å². The standard InChI is InChI=1S/C13H13NO2/c1-16-11-6-4-5-10(9-11)14-12-7-2-3-8-13(12)15/h2-9,14-15H,1H3. The Hall–Kier alpha value is -2.16. The van der Waals surface area contributed by atoms with Crippen molar-refractivity contribution in [2.45, 2.75) is 0 Å². The first-order valence-electron chi connectivity index (χ1n) is 4.98. The van der Waals surface area contributed by atoms with E-state index in [0.717, 1.165) is 11.4 Å². The van der Waals surface area contributed by atoms with E-state index in [9.17, 15) is 5.11 Å². The van der Waals surface area contributed by atoms with E-state index < -0.39 is 0 Å². The number of phenolic OH excluding ortho intramolecular Hbond substituents is 1. The summed E-state index contributed by atoms with van der Waals surface area (Å²) in [5.41, 5.74) is 1.55. The van der Waals surface area contributed by atoms with Gasteiger partial charge in [0.25, 0.3) is 0 Å². The number of hydrogen-bond acceptors (Lipinski definition) is 3. The van der Waals surface area contributed by atoms with Gasteiger partial charge >= 0.3 is 0 Å². The zero-order valence-electron chi connectivity index (χ0n) is 8.97. The quantitative estimate of drug-likeness (QED) is 0.773. The van der Waals surface area contributed by atoms with Crippen LogP contribution in [0, 0.1) is 0 Å². The molecule has 0 radical (unpaired) electrons. The lowest BCUT2D eigenvalue weighted by Crippen LogP contribution is -1.91. The number of rotatable bonds is 3. The minimum absolute atomic E-state index is 0.227. The van der Waals surface area contributed by atoms with Crippen molar-refractivity contribution >= 4 is 11.4 Å². The van der Waals surface area contributed by atoms with Gasteiger partial charge in [-0.3, -0.25) is 0 Å². The van der Waals surface area contributed by atoms with E-state index in [1.165, 1.54) is 0 Å².